The first-order valence-electron chi connectivity index (χ1n) is 10.2. The zero-order valence-corrected chi connectivity index (χ0v) is 17.4. The molecule has 0 saturated carbocycles. The van der Waals surface area contributed by atoms with Gasteiger partial charge in [-0.1, -0.05) is 18.2 Å². The number of aromatic nitrogens is 5. The van der Waals surface area contributed by atoms with Gasteiger partial charge in [0, 0.05) is 47.5 Å². The Morgan fingerprint density at radius 2 is 1.77 bits per heavy atom. The number of anilines is 1. The number of pyridine rings is 1. The molecular weight excluding hydrogens is 376 g/mol. The molecule has 0 bridgehead atoms. The number of benzene rings is 1. The lowest BCUT2D eigenvalue weighted by atomic mass is 9.98. The molecule has 0 radical (unpaired) electrons. The van der Waals surface area contributed by atoms with Crippen LogP contribution < -0.4 is 10.5 Å². The number of fused-ring (bicyclic) bond motifs is 1. The first-order chi connectivity index (χ1) is 14.5. The van der Waals surface area contributed by atoms with Gasteiger partial charge in [-0.3, -0.25) is 9.78 Å². The summed E-state index contributed by atoms with van der Waals surface area (Å²) < 4.78 is 3.36. The van der Waals surface area contributed by atoms with Gasteiger partial charge in [-0.05, 0) is 45.0 Å². The Labute approximate surface area is 174 Å². The Balaban J connectivity index is 1.35. The van der Waals surface area contributed by atoms with E-state index in [9.17, 15) is 4.79 Å². The molecule has 152 valence electrons. The van der Waals surface area contributed by atoms with Crippen molar-refractivity contribution >= 4 is 16.6 Å². The Kier molecular flexibility index (Phi) is 4.38. The van der Waals surface area contributed by atoms with Gasteiger partial charge in [0.05, 0.1) is 17.8 Å². The molecule has 0 aliphatic carbocycles. The number of nitrogens with zero attached hydrogens (tertiary/aromatic N) is 6. The number of hydrogen-bond donors (Lipinski definition) is 0. The van der Waals surface area contributed by atoms with E-state index < -0.39 is 0 Å². The number of rotatable bonds is 4. The Bertz CT molecular complexity index is 1300. The largest absolute Gasteiger partial charge is 0.370 e. The SMILES string of the molecule is Cc1cc(N2CC(Cn3nc(-n4nc(C)cc4C)ccc3=O)C2)c2ccccc2n1. The maximum absolute atomic E-state index is 12.4. The van der Waals surface area contributed by atoms with Crippen LogP contribution in [0.15, 0.2) is 53.3 Å². The van der Waals surface area contributed by atoms with Crippen molar-refractivity contribution in [2.75, 3.05) is 18.0 Å². The highest BCUT2D eigenvalue weighted by molar-refractivity contribution is 5.92. The topological polar surface area (TPSA) is 68.8 Å². The van der Waals surface area contributed by atoms with E-state index in [0.717, 1.165) is 35.7 Å². The maximum atomic E-state index is 12.4. The summed E-state index contributed by atoms with van der Waals surface area (Å²) in [6, 6.07) is 15.7. The van der Waals surface area contributed by atoms with E-state index in [0.29, 0.717) is 18.3 Å². The quantitative estimate of drug-likeness (QED) is 0.527. The van der Waals surface area contributed by atoms with Gasteiger partial charge in [0.1, 0.15) is 0 Å². The molecule has 5 rings (SSSR count). The molecule has 4 heterocycles. The lowest BCUT2D eigenvalue weighted by molar-refractivity contribution is 0.334. The number of hydrogen-bond acceptors (Lipinski definition) is 5. The van der Waals surface area contributed by atoms with Crippen molar-refractivity contribution in [1.29, 1.82) is 0 Å². The molecule has 1 saturated heterocycles. The second-order valence-corrected chi connectivity index (χ2v) is 8.12. The van der Waals surface area contributed by atoms with Crippen LogP contribution in [0.3, 0.4) is 0 Å². The van der Waals surface area contributed by atoms with Crippen molar-refractivity contribution in [3.05, 3.63) is 76.0 Å². The summed E-state index contributed by atoms with van der Waals surface area (Å²) in [6.45, 7) is 8.36. The number of para-hydroxylation sites is 1. The maximum Gasteiger partial charge on any atom is 0.266 e. The van der Waals surface area contributed by atoms with E-state index >= 15 is 0 Å². The van der Waals surface area contributed by atoms with Crippen molar-refractivity contribution in [1.82, 2.24) is 24.5 Å². The fourth-order valence-corrected chi connectivity index (χ4v) is 4.22. The first-order valence-corrected chi connectivity index (χ1v) is 10.2. The minimum Gasteiger partial charge on any atom is -0.370 e. The molecule has 4 aromatic rings. The molecule has 1 aliphatic heterocycles. The molecule has 3 aromatic heterocycles. The normalized spacial score (nSPS) is 14.3. The third-order valence-electron chi connectivity index (χ3n) is 5.63. The van der Waals surface area contributed by atoms with E-state index in [4.69, 9.17) is 0 Å². The smallest absolute Gasteiger partial charge is 0.266 e. The van der Waals surface area contributed by atoms with Gasteiger partial charge in [-0.15, -0.1) is 5.10 Å². The average molecular weight is 400 g/mol. The first kappa shape index (κ1) is 18.5. The zero-order valence-electron chi connectivity index (χ0n) is 17.4. The van der Waals surface area contributed by atoms with Crippen molar-refractivity contribution in [2.45, 2.75) is 27.3 Å². The summed E-state index contributed by atoms with van der Waals surface area (Å²) in [6.07, 6.45) is 0. The second-order valence-electron chi connectivity index (χ2n) is 8.12. The van der Waals surface area contributed by atoms with Gasteiger partial charge in [0.15, 0.2) is 5.82 Å². The third-order valence-corrected chi connectivity index (χ3v) is 5.63. The van der Waals surface area contributed by atoms with Crippen LogP contribution in [-0.2, 0) is 6.54 Å². The minimum atomic E-state index is -0.0797. The molecule has 0 atom stereocenters. The summed E-state index contributed by atoms with van der Waals surface area (Å²) >= 11 is 0. The highest BCUT2D eigenvalue weighted by Crippen LogP contribution is 2.32. The number of aryl methyl sites for hydroxylation is 3. The lowest BCUT2D eigenvalue weighted by Gasteiger charge is -2.41. The molecule has 0 amide bonds. The van der Waals surface area contributed by atoms with E-state index in [1.54, 1.807) is 21.5 Å². The van der Waals surface area contributed by atoms with Crippen molar-refractivity contribution in [2.24, 2.45) is 5.92 Å². The van der Waals surface area contributed by atoms with Crippen LogP contribution in [0, 0.1) is 26.7 Å². The van der Waals surface area contributed by atoms with Crippen LogP contribution in [0.1, 0.15) is 17.1 Å². The third kappa shape index (κ3) is 3.26. The van der Waals surface area contributed by atoms with Crippen LogP contribution in [0.2, 0.25) is 0 Å². The van der Waals surface area contributed by atoms with Gasteiger partial charge in [0.25, 0.3) is 5.56 Å². The van der Waals surface area contributed by atoms with E-state index in [1.165, 1.54) is 11.1 Å². The van der Waals surface area contributed by atoms with Gasteiger partial charge >= 0.3 is 0 Å². The fourth-order valence-electron chi connectivity index (χ4n) is 4.22. The summed E-state index contributed by atoms with van der Waals surface area (Å²) in [5.74, 6) is 1.05. The Morgan fingerprint density at radius 3 is 2.53 bits per heavy atom. The van der Waals surface area contributed by atoms with Gasteiger partial charge in [-0.2, -0.15) is 5.10 Å². The monoisotopic (exact) mass is 400 g/mol. The molecular formula is C23H24N6O. The molecule has 0 unspecified atom stereocenters. The van der Waals surface area contributed by atoms with Crippen LogP contribution >= 0.6 is 0 Å². The van der Waals surface area contributed by atoms with Gasteiger partial charge < -0.3 is 4.90 Å². The molecule has 7 heteroatoms. The van der Waals surface area contributed by atoms with Crippen LogP contribution in [0.25, 0.3) is 16.7 Å². The summed E-state index contributed by atoms with van der Waals surface area (Å²) in [5, 5.41) is 10.2. The second kappa shape index (κ2) is 7.09. The predicted molar refractivity (Wildman–Crippen MR) is 117 cm³/mol. The lowest BCUT2D eigenvalue weighted by Crippen LogP contribution is -2.49. The van der Waals surface area contributed by atoms with Crippen molar-refractivity contribution in [3.8, 4) is 5.82 Å². The molecule has 0 spiro atoms. The van der Waals surface area contributed by atoms with Crippen LogP contribution in [0.4, 0.5) is 5.69 Å². The van der Waals surface area contributed by atoms with E-state index in [1.807, 2.05) is 39.0 Å². The molecule has 1 aromatic carbocycles. The van der Waals surface area contributed by atoms with E-state index in [-0.39, 0.29) is 5.56 Å². The Morgan fingerprint density at radius 1 is 0.967 bits per heavy atom. The van der Waals surface area contributed by atoms with Crippen molar-refractivity contribution < 1.29 is 0 Å². The van der Waals surface area contributed by atoms with Crippen LogP contribution in [0.5, 0.6) is 0 Å². The summed E-state index contributed by atoms with van der Waals surface area (Å²) in [4.78, 5) is 19.4. The highest BCUT2D eigenvalue weighted by atomic mass is 16.1. The molecule has 30 heavy (non-hydrogen) atoms. The molecule has 1 fully saturated rings. The molecule has 1 aliphatic rings. The molecule has 7 nitrogen and oxygen atoms in total. The standard InChI is InChI=1S/C23H24N6O/c1-15-11-21(19-6-4-5-7-20(19)24-15)27-12-18(13-27)14-28-23(30)9-8-22(26-28)29-17(3)10-16(2)25-29/h4-11,18H,12-14H2,1-3H3. The summed E-state index contributed by atoms with van der Waals surface area (Å²) in [7, 11) is 0. The van der Waals surface area contributed by atoms with Crippen LogP contribution in [-0.4, -0.2) is 37.6 Å². The van der Waals surface area contributed by atoms with Crippen molar-refractivity contribution in [3.63, 3.8) is 0 Å². The predicted octanol–water partition coefficient (Wildman–Crippen LogP) is 3.04. The summed E-state index contributed by atoms with van der Waals surface area (Å²) in [5.41, 5.74) is 5.10. The van der Waals surface area contributed by atoms with E-state index in [2.05, 4.69) is 38.3 Å². The van der Waals surface area contributed by atoms with Gasteiger partial charge in [-0.25, -0.2) is 9.36 Å². The average Bonchev–Trinajstić information content (AvgIpc) is 3.03. The Hall–Kier alpha value is -3.48. The minimum absolute atomic E-state index is 0.0797. The molecule has 0 N–H and O–H groups in total. The fraction of sp³-hybridized carbons (Fsp3) is 0.304. The highest BCUT2D eigenvalue weighted by Gasteiger charge is 2.29. The zero-order chi connectivity index (χ0) is 20.8. The van der Waals surface area contributed by atoms with Gasteiger partial charge in [0.2, 0.25) is 0 Å².